The summed E-state index contributed by atoms with van der Waals surface area (Å²) in [5, 5.41) is 8.76. The number of amides is 1. The van der Waals surface area contributed by atoms with E-state index < -0.39 is 35.7 Å². The SMILES string of the molecule is O=C1C(=O)N(CCO)c2c1cccc2C(F)(F)F. The fourth-order valence-corrected chi connectivity index (χ4v) is 1.90. The van der Waals surface area contributed by atoms with Crippen molar-refractivity contribution >= 4 is 17.4 Å². The van der Waals surface area contributed by atoms with E-state index in [1.54, 1.807) is 0 Å². The molecular weight excluding hydrogens is 251 g/mol. The maximum atomic E-state index is 12.8. The van der Waals surface area contributed by atoms with Gasteiger partial charge in [-0.3, -0.25) is 9.59 Å². The first-order valence-electron chi connectivity index (χ1n) is 5.05. The molecule has 0 radical (unpaired) electrons. The average Bonchev–Trinajstić information content (AvgIpc) is 2.54. The molecule has 0 fully saturated rings. The minimum Gasteiger partial charge on any atom is -0.395 e. The molecule has 18 heavy (non-hydrogen) atoms. The molecule has 0 spiro atoms. The number of rotatable bonds is 2. The molecule has 0 bridgehead atoms. The molecule has 4 nitrogen and oxygen atoms in total. The molecule has 1 aliphatic rings. The lowest BCUT2D eigenvalue weighted by molar-refractivity contribution is -0.137. The van der Waals surface area contributed by atoms with Crippen molar-refractivity contribution in [2.75, 3.05) is 18.1 Å². The zero-order valence-corrected chi connectivity index (χ0v) is 8.99. The smallest absolute Gasteiger partial charge is 0.395 e. The van der Waals surface area contributed by atoms with E-state index in [2.05, 4.69) is 0 Å². The maximum absolute atomic E-state index is 12.8. The van der Waals surface area contributed by atoms with Crippen LogP contribution in [-0.2, 0) is 11.0 Å². The lowest BCUT2D eigenvalue weighted by Crippen LogP contribution is -2.33. The Hall–Kier alpha value is -1.89. The molecule has 2 rings (SSSR count). The van der Waals surface area contributed by atoms with Crippen molar-refractivity contribution in [3.63, 3.8) is 0 Å². The number of para-hydroxylation sites is 1. The van der Waals surface area contributed by atoms with Gasteiger partial charge in [-0.05, 0) is 12.1 Å². The second kappa shape index (κ2) is 4.09. The third kappa shape index (κ3) is 1.76. The van der Waals surface area contributed by atoms with Gasteiger partial charge in [-0.2, -0.15) is 13.2 Å². The normalized spacial score (nSPS) is 15.2. The Morgan fingerprint density at radius 1 is 1.22 bits per heavy atom. The highest BCUT2D eigenvalue weighted by Crippen LogP contribution is 2.41. The number of carbonyl (C=O) groups is 2. The zero-order chi connectivity index (χ0) is 13.5. The molecular formula is C11H8F3NO3. The summed E-state index contributed by atoms with van der Waals surface area (Å²) in [6.07, 6.45) is -4.66. The lowest BCUT2D eigenvalue weighted by atomic mass is 10.1. The minimum absolute atomic E-state index is 0.275. The number of benzene rings is 1. The summed E-state index contributed by atoms with van der Waals surface area (Å²) in [7, 11) is 0. The number of aliphatic hydroxyl groups is 1. The van der Waals surface area contributed by atoms with Gasteiger partial charge in [0.1, 0.15) is 0 Å². The first-order valence-corrected chi connectivity index (χ1v) is 5.05. The largest absolute Gasteiger partial charge is 0.418 e. The molecule has 0 unspecified atom stereocenters. The molecule has 0 aliphatic carbocycles. The number of alkyl halides is 3. The van der Waals surface area contributed by atoms with Crippen LogP contribution in [0.15, 0.2) is 18.2 Å². The number of hydrogen-bond donors (Lipinski definition) is 1. The number of anilines is 1. The van der Waals surface area contributed by atoms with Gasteiger partial charge >= 0.3 is 6.18 Å². The Balaban J connectivity index is 2.65. The Kier molecular flexibility index (Phi) is 2.86. The number of hydrogen-bond acceptors (Lipinski definition) is 3. The monoisotopic (exact) mass is 259 g/mol. The fourth-order valence-electron chi connectivity index (χ4n) is 1.90. The van der Waals surface area contributed by atoms with E-state index in [4.69, 9.17) is 5.11 Å². The van der Waals surface area contributed by atoms with Gasteiger partial charge in [0.05, 0.1) is 23.4 Å². The van der Waals surface area contributed by atoms with E-state index >= 15 is 0 Å². The highest BCUT2D eigenvalue weighted by Gasteiger charge is 2.43. The maximum Gasteiger partial charge on any atom is 0.418 e. The summed E-state index contributed by atoms with van der Waals surface area (Å²) < 4.78 is 38.4. The summed E-state index contributed by atoms with van der Waals surface area (Å²) in [6.45, 7) is -0.866. The van der Waals surface area contributed by atoms with Gasteiger partial charge in [-0.1, -0.05) is 6.07 Å². The predicted molar refractivity (Wildman–Crippen MR) is 55.2 cm³/mol. The van der Waals surface area contributed by atoms with Crippen LogP contribution in [0.5, 0.6) is 0 Å². The van der Waals surface area contributed by atoms with Crippen LogP contribution >= 0.6 is 0 Å². The Morgan fingerprint density at radius 3 is 2.44 bits per heavy atom. The van der Waals surface area contributed by atoms with Gasteiger partial charge in [0.2, 0.25) is 0 Å². The third-order valence-electron chi connectivity index (χ3n) is 2.62. The highest BCUT2D eigenvalue weighted by atomic mass is 19.4. The first-order chi connectivity index (χ1) is 8.38. The van der Waals surface area contributed by atoms with Crippen molar-refractivity contribution in [1.29, 1.82) is 0 Å². The van der Waals surface area contributed by atoms with E-state index in [0.29, 0.717) is 4.90 Å². The molecule has 1 aromatic rings. The topological polar surface area (TPSA) is 57.6 Å². The minimum atomic E-state index is -4.66. The van der Waals surface area contributed by atoms with Gasteiger partial charge in [0.15, 0.2) is 0 Å². The van der Waals surface area contributed by atoms with Crippen molar-refractivity contribution in [3.8, 4) is 0 Å². The lowest BCUT2D eigenvalue weighted by Gasteiger charge is -2.19. The number of carbonyl (C=O) groups excluding carboxylic acids is 2. The van der Waals surface area contributed by atoms with Crippen molar-refractivity contribution in [2.45, 2.75) is 6.18 Å². The molecule has 1 aliphatic heterocycles. The second-order valence-electron chi connectivity index (χ2n) is 3.71. The molecule has 1 amide bonds. The van der Waals surface area contributed by atoms with E-state index in [1.165, 1.54) is 6.07 Å². The molecule has 1 aromatic carbocycles. The summed E-state index contributed by atoms with van der Waals surface area (Å²) in [5.74, 6) is -2.03. The van der Waals surface area contributed by atoms with E-state index in [1.807, 2.05) is 0 Å². The molecule has 1 heterocycles. The molecule has 1 N–H and O–H groups in total. The number of Topliss-reactive ketones (excluding diaryl/α,β-unsaturated/α-hetero) is 1. The van der Waals surface area contributed by atoms with Crippen LogP contribution in [0.4, 0.5) is 18.9 Å². The number of nitrogens with zero attached hydrogens (tertiary/aromatic N) is 1. The molecule has 96 valence electrons. The van der Waals surface area contributed by atoms with Gasteiger partial charge < -0.3 is 10.0 Å². The summed E-state index contributed by atoms with van der Waals surface area (Å²) in [4.78, 5) is 23.7. The van der Waals surface area contributed by atoms with Gasteiger partial charge in [0, 0.05) is 6.54 Å². The van der Waals surface area contributed by atoms with Crippen LogP contribution in [0.2, 0.25) is 0 Å². The second-order valence-corrected chi connectivity index (χ2v) is 3.71. The number of halogens is 3. The van der Waals surface area contributed by atoms with Crippen LogP contribution in [0.1, 0.15) is 15.9 Å². The van der Waals surface area contributed by atoms with Crippen molar-refractivity contribution in [1.82, 2.24) is 0 Å². The van der Waals surface area contributed by atoms with E-state index in [0.717, 1.165) is 12.1 Å². The van der Waals surface area contributed by atoms with Crippen LogP contribution in [-0.4, -0.2) is 29.9 Å². The number of fused-ring (bicyclic) bond motifs is 1. The molecule has 0 aromatic heterocycles. The average molecular weight is 259 g/mol. The van der Waals surface area contributed by atoms with Crippen LogP contribution in [0, 0.1) is 0 Å². The summed E-state index contributed by atoms with van der Waals surface area (Å²) >= 11 is 0. The Bertz CT molecular complexity index is 525. The van der Waals surface area contributed by atoms with Crippen molar-refractivity contribution in [3.05, 3.63) is 29.3 Å². The standard InChI is InChI=1S/C11H8F3NO3/c12-11(13,14)7-3-1-2-6-8(7)15(4-5-16)10(18)9(6)17/h1-3,16H,4-5H2. The van der Waals surface area contributed by atoms with Crippen LogP contribution in [0.25, 0.3) is 0 Å². The Labute approximate surface area is 99.6 Å². The van der Waals surface area contributed by atoms with Crippen molar-refractivity contribution in [2.24, 2.45) is 0 Å². The van der Waals surface area contributed by atoms with Gasteiger partial charge in [-0.15, -0.1) is 0 Å². The molecule has 7 heteroatoms. The van der Waals surface area contributed by atoms with Crippen LogP contribution in [0.3, 0.4) is 0 Å². The quantitative estimate of drug-likeness (QED) is 0.812. The first kappa shape index (κ1) is 12.6. The Morgan fingerprint density at radius 2 is 1.89 bits per heavy atom. The molecule has 0 saturated carbocycles. The summed E-state index contributed by atoms with van der Waals surface area (Å²) in [5.41, 5.74) is -1.79. The zero-order valence-electron chi connectivity index (χ0n) is 8.99. The van der Waals surface area contributed by atoms with E-state index in [-0.39, 0.29) is 12.1 Å². The fraction of sp³-hybridized carbons (Fsp3) is 0.273. The van der Waals surface area contributed by atoms with Crippen molar-refractivity contribution < 1.29 is 27.9 Å². The number of ketones is 1. The number of β-amino-alcohol motifs (C(OH)–C–C–N with tert-alkyl or cyclic N) is 1. The van der Waals surface area contributed by atoms with E-state index in [9.17, 15) is 22.8 Å². The molecule has 0 atom stereocenters. The van der Waals surface area contributed by atoms with Gasteiger partial charge in [-0.25, -0.2) is 0 Å². The van der Waals surface area contributed by atoms with Crippen LogP contribution < -0.4 is 4.90 Å². The third-order valence-corrected chi connectivity index (χ3v) is 2.62. The highest BCUT2D eigenvalue weighted by molar-refractivity contribution is 6.52. The summed E-state index contributed by atoms with van der Waals surface area (Å²) in [6, 6.07) is 3.05. The van der Waals surface area contributed by atoms with Gasteiger partial charge in [0.25, 0.3) is 11.7 Å². The number of aliphatic hydroxyl groups excluding tert-OH is 1. The predicted octanol–water partition coefficient (Wildman–Crippen LogP) is 1.23. The molecule has 0 saturated heterocycles.